The maximum absolute atomic E-state index is 12.2. The SMILES string of the molecule is CCN(CC)C1(C#N)CCCN(C(=O)OC(C)(C)C)C1. The number of amides is 1. The van der Waals surface area contributed by atoms with Crippen LogP contribution in [0.3, 0.4) is 0 Å². The molecule has 114 valence electrons. The van der Waals surface area contributed by atoms with Gasteiger partial charge in [-0.3, -0.25) is 4.90 Å². The van der Waals surface area contributed by atoms with E-state index in [4.69, 9.17) is 4.74 Å². The molecule has 20 heavy (non-hydrogen) atoms. The molecule has 0 N–H and O–H groups in total. The summed E-state index contributed by atoms with van der Waals surface area (Å²) in [6.07, 6.45) is 1.33. The Hall–Kier alpha value is -1.28. The van der Waals surface area contributed by atoms with E-state index in [2.05, 4.69) is 24.8 Å². The van der Waals surface area contributed by atoms with E-state index in [9.17, 15) is 10.1 Å². The molecule has 1 aliphatic heterocycles. The van der Waals surface area contributed by atoms with Gasteiger partial charge in [-0.25, -0.2) is 4.79 Å². The van der Waals surface area contributed by atoms with Crippen LogP contribution in [0.25, 0.3) is 0 Å². The molecule has 1 atom stereocenters. The van der Waals surface area contributed by atoms with Crippen LogP contribution in [-0.4, -0.2) is 53.2 Å². The summed E-state index contributed by atoms with van der Waals surface area (Å²) in [6, 6.07) is 2.44. The highest BCUT2D eigenvalue weighted by Gasteiger charge is 2.42. The second-order valence-electron chi connectivity index (χ2n) is 6.32. The molecule has 5 heteroatoms. The Kier molecular flexibility index (Phi) is 5.41. The van der Waals surface area contributed by atoms with Gasteiger partial charge in [-0.05, 0) is 46.7 Å². The first kappa shape index (κ1) is 16.8. The Balaban J connectivity index is 2.84. The summed E-state index contributed by atoms with van der Waals surface area (Å²) in [7, 11) is 0. The highest BCUT2D eigenvalue weighted by Crippen LogP contribution is 2.28. The lowest BCUT2D eigenvalue weighted by Crippen LogP contribution is -2.59. The third kappa shape index (κ3) is 3.86. The zero-order valence-electron chi connectivity index (χ0n) is 13.4. The van der Waals surface area contributed by atoms with Crippen LogP contribution < -0.4 is 0 Å². The Morgan fingerprint density at radius 1 is 1.40 bits per heavy atom. The van der Waals surface area contributed by atoms with Gasteiger partial charge in [-0.15, -0.1) is 0 Å². The summed E-state index contributed by atoms with van der Waals surface area (Å²) in [5.74, 6) is 0. The van der Waals surface area contributed by atoms with E-state index in [1.54, 1.807) is 4.90 Å². The summed E-state index contributed by atoms with van der Waals surface area (Å²) in [5.41, 5.74) is -1.07. The van der Waals surface area contributed by atoms with Gasteiger partial charge in [0.15, 0.2) is 0 Å². The van der Waals surface area contributed by atoms with Crippen molar-refractivity contribution in [3.05, 3.63) is 0 Å². The predicted octanol–water partition coefficient (Wildman–Crippen LogP) is 2.62. The molecular formula is C15H27N3O2. The first-order chi connectivity index (χ1) is 9.28. The quantitative estimate of drug-likeness (QED) is 0.798. The molecule has 0 spiro atoms. The summed E-state index contributed by atoms with van der Waals surface area (Å²) >= 11 is 0. The van der Waals surface area contributed by atoms with E-state index < -0.39 is 11.1 Å². The molecule has 0 aromatic carbocycles. The molecule has 5 nitrogen and oxygen atoms in total. The molecule has 0 aromatic rings. The Labute approximate surface area is 122 Å². The van der Waals surface area contributed by atoms with Crippen LogP contribution in [0.1, 0.15) is 47.5 Å². The van der Waals surface area contributed by atoms with E-state index in [1.165, 1.54) is 0 Å². The molecule has 0 bridgehead atoms. The van der Waals surface area contributed by atoms with E-state index >= 15 is 0 Å². The molecule has 1 rings (SSSR count). The molecular weight excluding hydrogens is 254 g/mol. The van der Waals surface area contributed by atoms with Crippen molar-refractivity contribution < 1.29 is 9.53 Å². The Morgan fingerprint density at radius 2 is 2.00 bits per heavy atom. The van der Waals surface area contributed by atoms with Gasteiger partial charge < -0.3 is 9.64 Å². The van der Waals surface area contributed by atoms with Crippen LogP contribution >= 0.6 is 0 Å². The second kappa shape index (κ2) is 6.45. The van der Waals surface area contributed by atoms with Gasteiger partial charge in [0.25, 0.3) is 0 Å². The number of ether oxygens (including phenoxy) is 1. The third-order valence-corrected chi connectivity index (χ3v) is 3.70. The Bertz CT molecular complexity index is 380. The number of carbonyl (C=O) groups excluding carboxylic acids is 1. The molecule has 0 radical (unpaired) electrons. The number of piperidine rings is 1. The van der Waals surface area contributed by atoms with Crippen LogP contribution in [0, 0.1) is 11.3 Å². The lowest BCUT2D eigenvalue weighted by molar-refractivity contribution is 0.000690. The maximum atomic E-state index is 12.2. The van der Waals surface area contributed by atoms with Gasteiger partial charge in [-0.1, -0.05) is 13.8 Å². The minimum absolute atomic E-state index is 0.316. The van der Waals surface area contributed by atoms with Crippen molar-refractivity contribution in [1.29, 1.82) is 5.26 Å². The molecule has 0 saturated carbocycles. The molecule has 1 saturated heterocycles. The number of nitrogens with zero attached hydrogens (tertiary/aromatic N) is 3. The number of likely N-dealkylation sites (N-methyl/N-ethyl adjacent to an activating group) is 1. The molecule has 1 fully saturated rings. The zero-order chi connectivity index (χ0) is 15.4. The number of hydrogen-bond acceptors (Lipinski definition) is 4. The fourth-order valence-electron chi connectivity index (χ4n) is 2.77. The first-order valence-corrected chi connectivity index (χ1v) is 7.42. The molecule has 0 aliphatic carbocycles. The first-order valence-electron chi connectivity index (χ1n) is 7.42. The number of likely N-dealkylation sites (tertiary alicyclic amines) is 1. The van der Waals surface area contributed by atoms with Crippen molar-refractivity contribution in [3.8, 4) is 6.07 Å². The fourth-order valence-corrected chi connectivity index (χ4v) is 2.77. The van der Waals surface area contributed by atoms with Crippen LogP contribution in [0.4, 0.5) is 4.79 Å². The van der Waals surface area contributed by atoms with Gasteiger partial charge in [0.05, 0.1) is 12.6 Å². The van der Waals surface area contributed by atoms with Crippen molar-refractivity contribution in [1.82, 2.24) is 9.80 Å². The van der Waals surface area contributed by atoms with Gasteiger partial charge in [0.1, 0.15) is 11.1 Å². The van der Waals surface area contributed by atoms with Gasteiger partial charge in [0, 0.05) is 6.54 Å². The molecule has 1 heterocycles. The largest absolute Gasteiger partial charge is 0.444 e. The minimum Gasteiger partial charge on any atom is -0.444 e. The lowest BCUT2D eigenvalue weighted by atomic mass is 9.88. The number of carbonyl (C=O) groups is 1. The van der Waals surface area contributed by atoms with Crippen LogP contribution in [0.5, 0.6) is 0 Å². The van der Waals surface area contributed by atoms with Crippen molar-refractivity contribution >= 4 is 6.09 Å². The Morgan fingerprint density at radius 3 is 2.45 bits per heavy atom. The molecule has 1 aliphatic rings. The summed E-state index contributed by atoms with van der Waals surface area (Å²) < 4.78 is 5.42. The topological polar surface area (TPSA) is 56.6 Å². The standard InChI is InChI=1S/C15H27N3O2/c1-6-18(7-2)15(11-16)9-8-10-17(12-15)13(19)20-14(3,4)5/h6-10,12H2,1-5H3. The summed E-state index contributed by atoms with van der Waals surface area (Å²) in [4.78, 5) is 16.0. The highest BCUT2D eigenvalue weighted by molar-refractivity contribution is 5.68. The van der Waals surface area contributed by atoms with E-state index in [1.807, 2.05) is 20.8 Å². The molecule has 0 aromatic heterocycles. The average molecular weight is 281 g/mol. The smallest absolute Gasteiger partial charge is 0.410 e. The zero-order valence-corrected chi connectivity index (χ0v) is 13.4. The van der Waals surface area contributed by atoms with Crippen LogP contribution in [-0.2, 0) is 4.74 Å². The van der Waals surface area contributed by atoms with E-state index in [0.29, 0.717) is 13.1 Å². The van der Waals surface area contributed by atoms with Crippen molar-refractivity contribution in [2.75, 3.05) is 26.2 Å². The van der Waals surface area contributed by atoms with Gasteiger partial charge >= 0.3 is 6.09 Å². The van der Waals surface area contributed by atoms with E-state index in [-0.39, 0.29) is 6.09 Å². The fraction of sp³-hybridized carbons (Fsp3) is 0.867. The normalized spacial score (nSPS) is 23.6. The van der Waals surface area contributed by atoms with E-state index in [0.717, 1.165) is 25.9 Å². The third-order valence-electron chi connectivity index (χ3n) is 3.70. The van der Waals surface area contributed by atoms with Crippen LogP contribution in [0.2, 0.25) is 0 Å². The maximum Gasteiger partial charge on any atom is 0.410 e. The monoisotopic (exact) mass is 281 g/mol. The number of rotatable bonds is 3. The van der Waals surface area contributed by atoms with Crippen molar-refractivity contribution in [2.45, 2.75) is 58.6 Å². The number of nitriles is 1. The molecule has 1 amide bonds. The lowest BCUT2D eigenvalue weighted by Gasteiger charge is -2.44. The minimum atomic E-state index is -0.571. The average Bonchev–Trinajstić information content (AvgIpc) is 2.38. The van der Waals surface area contributed by atoms with Crippen molar-refractivity contribution in [3.63, 3.8) is 0 Å². The van der Waals surface area contributed by atoms with Gasteiger partial charge in [0.2, 0.25) is 0 Å². The van der Waals surface area contributed by atoms with Gasteiger partial charge in [-0.2, -0.15) is 5.26 Å². The summed E-state index contributed by atoms with van der Waals surface area (Å²) in [5, 5.41) is 9.64. The number of hydrogen-bond donors (Lipinski definition) is 0. The van der Waals surface area contributed by atoms with Crippen LogP contribution in [0.15, 0.2) is 0 Å². The highest BCUT2D eigenvalue weighted by atomic mass is 16.6. The summed E-state index contributed by atoms with van der Waals surface area (Å²) in [6.45, 7) is 12.4. The van der Waals surface area contributed by atoms with Crippen molar-refractivity contribution in [2.24, 2.45) is 0 Å². The molecule has 1 unspecified atom stereocenters. The predicted molar refractivity (Wildman–Crippen MR) is 78.3 cm³/mol. The second-order valence-corrected chi connectivity index (χ2v) is 6.32.